The van der Waals surface area contributed by atoms with Crippen LogP contribution in [0.2, 0.25) is 0 Å². The second kappa shape index (κ2) is 11.6. The van der Waals surface area contributed by atoms with Gasteiger partial charge in [0.1, 0.15) is 6.17 Å². The summed E-state index contributed by atoms with van der Waals surface area (Å²) in [4.78, 5) is 2.68. The Morgan fingerprint density at radius 3 is 2.20 bits per heavy atom. The van der Waals surface area contributed by atoms with Crippen LogP contribution >= 0.6 is 0 Å². The Kier molecular flexibility index (Phi) is 8.93. The molecule has 0 heterocycles. The van der Waals surface area contributed by atoms with Gasteiger partial charge in [0.2, 0.25) is 0 Å². The summed E-state index contributed by atoms with van der Waals surface area (Å²) < 4.78 is 14.3. The van der Waals surface area contributed by atoms with Gasteiger partial charge in [0.25, 0.3) is 0 Å². The molecule has 0 radical (unpaired) electrons. The first-order chi connectivity index (χ1) is 14.6. The molecular formula is C28H40FN. The SMILES string of the molecule is CCC(CCc1ccc(C2CCCCC2F)cc1)N(CCc1ccccc1)C(C)C. The molecular weight excluding hydrogens is 369 g/mol. The van der Waals surface area contributed by atoms with E-state index in [0.717, 1.165) is 38.6 Å². The third-order valence-electron chi connectivity index (χ3n) is 6.96. The van der Waals surface area contributed by atoms with Crippen molar-refractivity contribution in [3.63, 3.8) is 0 Å². The maximum Gasteiger partial charge on any atom is 0.107 e. The van der Waals surface area contributed by atoms with Crippen LogP contribution in [0.5, 0.6) is 0 Å². The van der Waals surface area contributed by atoms with Gasteiger partial charge in [0.05, 0.1) is 0 Å². The van der Waals surface area contributed by atoms with Crippen molar-refractivity contribution >= 4 is 0 Å². The first-order valence-corrected chi connectivity index (χ1v) is 12.1. The number of nitrogens with zero attached hydrogens (tertiary/aromatic N) is 1. The molecule has 30 heavy (non-hydrogen) atoms. The smallest absolute Gasteiger partial charge is 0.107 e. The van der Waals surface area contributed by atoms with Gasteiger partial charge in [-0.1, -0.05) is 74.4 Å². The molecule has 2 aromatic rings. The van der Waals surface area contributed by atoms with Crippen LogP contribution in [0.15, 0.2) is 54.6 Å². The van der Waals surface area contributed by atoms with Gasteiger partial charge in [0.15, 0.2) is 0 Å². The monoisotopic (exact) mass is 409 g/mol. The highest BCUT2D eigenvalue weighted by Crippen LogP contribution is 2.35. The molecule has 0 amide bonds. The highest BCUT2D eigenvalue weighted by molar-refractivity contribution is 5.27. The van der Waals surface area contributed by atoms with Crippen molar-refractivity contribution in [2.45, 2.75) is 96.3 Å². The predicted octanol–water partition coefficient (Wildman–Crippen LogP) is 7.35. The van der Waals surface area contributed by atoms with Crippen molar-refractivity contribution in [1.82, 2.24) is 4.90 Å². The third kappa shape index (κ3) is 6.41. The standard InChI is InChI=1S/C28H40FN/c1-4-26(30(22(2)3)21-20-23-10-6-5-7-11-23)19-16-24-14-17-25(18-15-24)27-12-8-9-13-28(27)29/h5-7,10-11,14-15,17-18,22,26-28H,4,8-9,12-13,16,19-21H2,1-3H3. The predicted molar refractivity (Wildman–Crippen MR) is 127 cm³/mol. The summed E-state index contributed by atoms with van der Waals surface area (Å²) in [5.41, 5.74) is 4.00. The third-order valence-corrected chi connectivity index (χ3v) is 6.96. The number of alkyl halides is 1. The number of hydrogen-bond acceptors (Lipinski definition) is 1. The van der Waals surface area contributed by atoms with Crippen molar-refractivity contribution in [1.29, 1.82) is 0 Å². The zero-order valence-corrected chi connectivity index (χ0v) is 19.2. The lowest BCUT2D eigenvalue weighted by Gasteiger charge is -2.35. The second-order valence-corrected chi connectivity index (χ2v) is 9.32. The van der Waals surface area contributed by atoms with Crippen LogP contribution in [0.4, 0.5) is 4.39 Å². The number of hydrogen-bond donors (Lipinski definition) is 0. The van der Waals surface area contributed by atoms with Crippen molar-refractivity contribution in [3.8, 4) is 0 Å². The summed E-state index contributed by atoms with van der Waals surface area (Å²) in [6.07, 6.45) is 7.85. The molecule has 1 aliphatic carbocycles. The first-order valence-electron chi connectivity index (χ1n) is 12.1. The van der Waals surface area contributed by atoms with Crippen LogP contribution in [0.25, 0.3) is 0 Å². The van der Waals surface area contributed by atoms with Gasteiger partial charge in [-0.2, -0.15) is 0 Å². The minimum atomic E-state index is -0.654. The topological polar surface area (TPSA) is 3.24 Å². The molecule has 0 aliphatic heterocycles. The normalized spacial score (nSPS) is 20.6. The maximum atomic E-state index is 14.3. The van der Waals surface area contributed by atoms with Crippen LogP contribution in [0.1, 0.15) is 81.9 Å². The van der Waals surface area contributed by atoms with E-state index in [1.165, 1.54) is 36.0 Å². The second-order valence-electron chi connectivity index (χ2n) is 9.32. The fourth-order valence-electron chi connectivity index (χ4n) is 5.10. The average molecular weight is 410 g/mol. The van der Waals surface area contributed by atoms with Gasteiger partial charge in [-0.25, -0.2) is 4.39 Å². The van der Waals surface area contributed by atoms with E-state index in [9.17, 15) is 4.39 Å². The molecule has 1 fully saturated rings. The van der Waals surface area contributed by atoms with Gasteiger partial charge in [0, 0.05) is 24.5 Å². The zero-order valence-electron chi connectivity index (χ0n) is 19.2. The lowest BCUT2D eigenvalue weighted by Crippen LogP contribution is -2.41. The van der Waals surface area contributed by atoms with E-state index < -0.39 is 6.17 Å². The molecule has 3 unspecified atom stereocenters. The van der Waals surface area contributed by atoms with Gasteiger partial charge < -0.3 is 0 Å². The average Bonchev–Trinajstić information content (AvgIpc) is 2.77. The van der Waals surface area contributed by atoms with E-state index in [4.69, 9.17) is 0 Å². The Morgan fingerprint density at radius 1 is 0.900 bits per heavy atom. The number of benzene rings is 2. The van der Waals surface area contributed by atoms with Crippen LogP contribution in [-0.2, 0) is 12.8 Å². The van der Waals surface area contributed by atoms with Crippen LogP contribution in [0, 0.1) is 0 Å². The molecule has 1 nitrogen and oxygen atoms in total. The minimum Gasteiger partial charge on any atom is -0.298 e. The lowest BCUT2D eigenvalue weighted by molar-refractivity contribution is 0.143. The summed E-state index contributed by atoms with van der Waals surface area (Å²) >= 11 is 0. The number of rotatable bonds is 10. The van der Waals surface area contributed by atoms with Crippen LogP contribution in [0.3, 0.4) is 0 Å². The Labute approximate surface area is 183 Å². The highest BCUT2D eigenvalue weighted by atomic mass is 19.1. The quantitative estimate of drug-likeness (QED) is 0.396. The highest BCUT2D eigenvalue weighted by Gasteiger charge is 2.26. The molecule has 164 valence electrons. The van der Waals surface area contributed by atoms with E-state index in [0.29, 0.717) is 12.1 Å². The fourth-order valence-corrected chi connectivity index (χ4v) is 5.10. The van der Waals surface area contributed by atoms with Gasteiger partial charge in [-0.05, 0) is 69.1 Å². The molecule has 1 aliphatic rings. The van der Waals surface area contributed by atoms with Crippen LogP contribution in [-0.4, -0.2) is 29.7 Å². The van der Waals surface area contributed by atoms with E-state index >= 15 is 0 Å². The Balaban J connectivity index is 1.56. The number of halogens is 1. The molecule has 0 saturated heterocycles. The maximum absolute atomic E-state index is 14.3. The summed E-state index contributed by atoms with van der Waals surface area (Å²) in [5, 5.41) is 0. The molecule has 1 saturated carbocycles. The first kappa shape index (κ1) is 23.0. The molecule has 3 atom stereocenters. The van der Waals surface area contributed by atoms with E-state index in [1.807, 2.05) is 0 Å². The van der Waals surface area contributed by atoms with E-state index in [1.54, 1.807) is 0 Å². The molecule has 0 N–H and O–H groups in total. The van der Waals surface area contributed by atoms with Gasteiger partial charge in [-0.3, -0.25) is 4.90 Å². The summed E-state index contributed by atoms with van der Waals surface area (Å²) in [6.45, 7) is 8.06. The lowest BCUT2D eigenvalue weighted by atomic mass is 9.82. The van der Waals surface area contributed by atoms with Crippen molar-refractivity contribution in [2.24, 2.45) is 0 Å². The van der Waals surface area contributed by atoms with Crippen molar-refractivity contribution in [2.75, 3.05) is 6.54 Å². The molecule has 0 bridgehead atoms. The summed E-state index contributed by atoms with van der Waals surface area (Å²) in [5.74, 6) is 0.116. The number of aryl methyl sites for hydroxylation is 1. The summed E-state index contributed by atoms with van der Waals surface area (Å²) in [7, 11) is 0. The molecule has 2 heteroatoms. The Bertz CT molecular complexity index is 724. The Morgan fingerprint density at radius 2 is 1.57 bits per heavy atom. The van der Waals surface area contributed by atoms with Crippen LogP contribution < -0.4 is 0 Å². The Hall–Kier alpha value is -1.67. The molecule has 0 aromatic heterocycles. The fraction of sp³-hybridized carbons (Fsp3) is 0.571. The zero-order chi connectivity index (χ0) is 21.3. The molecule has 3 rings (SSSR count). The van der Waals surface area contributed by atoms with Gasteiger partial charge in [-0.15, -0.1) is 0 Å². The van der Waals surface area contributed by atoms with Crippen molar-refractivity contribution in [3.05, 3.63) is 71.3 Å². The summed E-state index contributed by atoms with van der Waals surface area (Å²) in [6, 6.07) is 20.8. The van der Waals surface area contributed by atoms with Crippen molar-refractivity contribution < 1.29 is 4.39 Å². The van der Waals surface area contributed by atoms with Gasteiger partial charge >= 0.3 is 0 Å². The molecule has 0 spiro atoms. The largest absolute Gasteiger partial charge is 0.298 e. The minimum absolute atomic E-state index is 0.116. The van der Waals surface area contributed by atoms with E-state index in [2.05, 4.69) is 80.3 Å². The molecule has 2 aromatic carbocycles. The van der Waals surface area contributed by atoms with E-state index in [-0.39, 0.29) is 5.92 Å².